The average molecular weight is 453 g/mol. The summed E-state index contributed by atoms with van der Waals surface area (Å²) in [5, 5.41) is 9.85. The summed E-state index contributed by atoms with van der Waals surface area (Å²) >= 11 is 0. The van der Waals surface area contributed by atoms with Crippen LogP contribution in [0, 0.1) is 11.3 Å². The molecule has 2 saturated heterocycles. The Kier molecular flexibility index (Phi) is 7.61. The van der Waals surface area contributed by atoms with E-state index in [1.54, 1.807) is 16.3 Å². The first kappa shape index (κ1) is 24.1. The number of hydrogen-bond donors (Lipinski definition) is 2. The Morgan fingerprint density at radius 2 is 1.48 bits per heavy atom. The minimum absolute atomic E-state index is 0.0998. The molecule has 0 radical (unpaired) electrons. The molecule has 2 N–H and O–H groups in total. The van der Waals surface area contributed by atoms with E-state index in [1.165, 1.54) is 51.6 Å². The first-order chi connectivity index (χ1) is 13.5. The Hall–Kier alpha value is 0.477. The number of hydrogen-bond acceptors (Lipinski definition) is 2. The maximum atomic E-state index is 3.99. The van der Waals surface area contributed by atoms with Gasteiger partial charge in [0.05, 0.1) is 8.07 Å². The van der Waals surface area contributed by atoms with Gasteiger partial charge in [0.15, 0.2) is 0 Å². The molecule has 29 heavy (non-hydrogen) atoms. The molecule has 0 bridgehead atoms. The summed E-state index contributed by atoms with van der Waals surface area (Å²) in [5.74, 6) is 0.565. The third-order valence-electron chi connectivity index (χ3n) is 7.47. The molecule has 2 nitrogen and oxygen atoms in total. The average Bonchev–Trinajstić information content (AvgIpc) is 3.10. The molecule has 0 amide bonds. The Labute approximate surface area is 186 Å². The van der Waals surface area contributed by atoms with Gasteiger partial charge >= 0.3 is 0 Å². The van der Waals surface area contributed by atoms with Crippen molar-refractivity contribution in [3.63, 3.8) is 0 Å². The lowest BCUT2D eigenvalue weighted by atomic mass is 9.67. The minimum atomic E-state index is -1.41. The molecule has 0 aromatic rings. The maximum Gasteiger partial charge on any atom is 0.0732 e. The predicted molar refractivity (Wildman–Crippen MR) is 140 cm³/mol. The van der Waals surface area contributed by atoms with Crippen LogP contribution in [0.2, 0.25) is 19.6 Å². The van der Waals surface area contributed by atoms with E-state index >= 15 is 0 Å². The smallest absolute Gasteiger partial charge is 0.0732 e. The first-order valence-corrected chi connectivity index (χ1v) is 16.8. The van der Waals surface area contributed by atoms with E-state index in [0.29, 0.717) is 18.0 Å². The summed E-state index contributed by atoms with van der Waals surface area (Å²) in [5.41, 5.74) is 3.61. The minimum Gasteiger partial charge on any atom is -0.313 e. The molecule has 3 aliphatic rings. The van der Waals surface area contributed by atoms with Gasteiger partial charge in [0.25, 0.3) is 0 Å². The molecule has 2 aliphatic heterocycles. The van der Waals surface area contributed by atoms with Gasteiger partial charge in [0.2, 0.25) is 0 Å². The fourth-order valence-corrected chi connectivity index (χ4v) is 9.38. The normalized spacial score (nSPS) is 31.6. The van der Waals surface area contributed by atoms with Gasteiger partial charge in [-0.25, -0.2) is 0 Å². The molecule has 0 aromatic carbocycles. The molecular weight excluding hydrogens is 406 g/mol. The van der Waals surface area contributed by atoms with E-state index in [2.05, 4.69) is 75.6 Å². The summed E-state index contributed by atoms with van der Waals surface area (Å²) in [4.78, 5) is 0. The lowest BCUT2D eigenvalue weighted by molar-refractivity contribution is 0.229. The van der Waals surface area contributed by atoms with Gasteiger partial charge in [-0.3, -0.25) is 0 Å². The largest absolute Gasteiger partial charge is 0.313 e. The van der Waals surface area contributed by atoms with E-state index in [0.717, 1.165) is 6.16 Å². The van der Waals surface area contributed by atoms with Gasteiger partial charge < -0.3 is 10.6 Å². The number of piperidine rings is 2. The van der Waals surface area contributed by atoms with Crippen molar-refractivity contribution < 1.29 is 0 Å². The zero-order valence-electron chi connectivity index (χ0n) is 19.8. The van der Waals surface area contributed by atoms with Crippen LogP contribution in [0.1, 0.15) is 59.3 Å². The highest BCUT2D eigenvalue weighted by Gasteiger charge is 2.53. The van der Waals surface area contributed by atoms with Crippen LogP contribution >= 0.6 is 18.5 Å². The zero-order valence-corrected chi connectivity index (χ0v) is 23.1. The number of allylic oxidation sites excluding steroid dienone is 3. The van der Waals surface area contributed by atoms with Gasteiger partial charge in [-0.1, -0.05) is 64.5 Å². The quantitative estimate of drug-likeness (QED) is 0.423. The highest BCUT2D eigenvalue weighted by Crippen LogP contribution is 2.56. The highest BCUT2D eigenvalue weighted by atomic mass is 31.0. The monoisotopic (exact) mass is 452 g/mol. The van der Waals surface area contributed by atoms with Crippen LogP contribution in [0.4, 0.5) is 0 Å². The van der Waals surface area contributed by atoms with Crippen molar-refractivity contribution in [1.29, 1.82) is 0 Å². The molecule has 1 aliphatic carbocycles. The molecule has 5 atom stereocenters. The Morgan fingerprint density at radius 3 is 1.83 bits per heavy atom. The molecule has 0 saturated carbocycles. The van der Waals surface area contributed by atoms with Crippen molar-refractivity contribution in [2.24, 2.45) is 11.3 Å². The third-order valence-corrected chi connectivity index (χ3v) is 11.2. The van der Waals surface area contributed by atoms with E-state index in [9.17, 15) is 0 Å². The summed E-state index contributed by atoms with van der Waals surface area (Å²) < 4.78 is 0. The molecule has 5 unspecified atom stereocenters. The molecule has 0 spiro atoms. The van der Waals surface area contributed by atoms with Crippen LogP contribution in [-0.4, -0.2) is 44.6 Å². The van der Waals surface area contributed by atoms with Crippen molar-refractivity contribution in [2.75, 3.05) is 19.3 Å². The standard InChI is InChI=1S/C24H46N2P2Si/c1-23(2,3)22-18(29(4,5)6)15-17(16-27)21(22)24(28,19-11-7-9-13-25-19)20-12-8-10-14-26-20/h15,19-20,22,25-26H,7-14,16,27-28H2,1-6H3. The van der Waals surface area contributed by atoms with Crippen molar-refractivity contribution in [2.45, 2.75) is 96.2 Å². The third kappa shape index (κ3) is 4.80. The molecule has 0 aromatic heterocycles. The van der Waals surface area contributed by atoms with Crippen molar-refractivity contribution >= 4 is 26.6 Å². The van der Waals surface area contributed by atoms with Crippen LogP contribution in [0.25, 0.3) is 0 Å². The molecule has 3 rings (SSSR count). The molecule has 2 fully saturated rings. The van der Waals surface area contributed by atoms with Crippen molar-refractivity contribution in [3.8, 4) is 0 Å². The number of rotatable bonds is 5. The van der Waals surface area contributed by atoms with E-state index in [1.807, 2.05) is 0 Å². The Bertz CT molecular complexity index is 627. The summed E-state index contributed by atoms with van der Waals surface area (Å²) in [6.45, 7) is 17.4. The highest BCUT2D eigenvalue weighted by molar-refractivity contribution is 7.20. The zero-order chi connectivity index (χ0) is 21.4. The van der Waals surface area contributed by atoms with Gasteiger partial charge in [0, 0.05) is 23.2 Å². The summed E-state index contributed by atoms with van der Waals surface area (Å²) in [7, 11) is 5.12. The second-order valence-corrected chi connectivity index (χ2v) is 18.2. The fourth-order valence-electron chi connectivity index (χ4n) is 6.07. The van der Waals surface area contributed by atoms with Gasteiger partial charge in [-0.05, 0) is 61.5 Å². The topological polar surface area (TPSA) is 24.1 Å². The van der Waals surface area contributed by atoms with Crippen LogP contribution < -0.4 is 10.6 Å². The molecular formula is C24H46N2P2Si. The fraction of sp³-hybridized carbons (Fsp3) is 0.833. The first-order valence-electron chi connectivity index (χ1n) is 11.9. The van der Waals surface area contributed by atoms with Crippen LogP contribution in [-0.2, 0) is 0 Å². The van der Waals surface area contributed by atoms with Gasteiger partial charge in [0.1, 0.15) is 0 Å². The summed E-state index contributed by atoms with van der Waals surface area (Å²) in [6.07, 6.45) is 11.7. The number of nitrogens with one attached hydrogen (secondary N) is 2. The Morgan fingerprint density at radius 1 is 0.966 bits per heavy atom. The molecule has 5 heteroatoms. The second kappa shape index (κ2) is 9.15. The van der Waals surface area contributed by atoms with E-state index in [-0.39, 0.29) is 10.6 Å². The van der Waals surface area contributed by atoms with Crippen LogP contribution in [0.3, 0.4) is 0 Å². The van der Waals surface area contributed by atoms with Crippen LogP contribution in [0.15, 0.2) is 22.4 Å². The van der Waals surface area contributed by atoms with Gasteiger partial charge in [-0.2, -0.15) is 0 Å². The molecule has 166 valence electrons. The van der Waals surface area contributed by atoms with E-state index in [4.69, 9.17) is 0 Å². The lowest BCUT2D eigenvalue weighted by Gasteiger charge is -2.53. The van der Waals surface area contributed by atoms with Gasteiger partial charge in [-0.15, -0.1) is 18.5 Å². The SMILES string of the molecule is CC(C)(C)C1C([Si](C)(C)C)=CC(CP)=C1C(P)(C1CCCCN1)C1CCCCN1. The van der Waals surface area contributed by atoms with Crippen molar-refractivity contribution in [3.05, 3.63) is 22.4 Å². The van der Waals surface area contributed by atoms with Crippen LogP contribution in [0.5, 0.6) is 0 Å². The predicted octanol–water partition coefficient (Wildman–Crippen LogP) is 5.54. The summed E-state index contributed by atoms with van der Waals surface area (Å²) in [6, 6.07) is 1.11. The Balaban J connectivity index is 2.16. The van der Waals surface area contributed by atoms with E-state index < -0.39 is 8.07 Å². The second-order valence-electron chi connectivity index (χ2n) is 11.7. The lowest BCUT2D eigenvalue weighted by Crippen LogP contribution is -2.63. The molecule has 2 heterocycles. The maximum absolute atomic E-state index is 3.99. The van der Waals surface area contributed by atoms with Crippen molar-refractivity contribution in [1.82, 2.24) is 10.6 Å².